The predicted molar refractivity (Wildman–Crippen MR) is 132 cm³/mol. The van der Waals surface area contributed by atoms with Crippen LogP contribution in [0.15, 0.2) is 43.0 Å². The molecule has 1 aromatic rings. The number of ether oxygens (including phenoxy) is 1. The first kappa shape index (κ1) is 28.2. The molecule has 0 heterocycles. The van der Waals surface area contributed by atoms with Crippen molar-refractivity contribution in [3.8, 4) is 0 Å². The molecule has 1 rings (SSSR count). The molecular formula is C26H41N3O4. The summed E-state index contributed by atoms with van der Waals surface area (Å²) in [6.45, 7) is 18.8. The molecule has 2 atom stereocenters. The van der Waals surface area contributed by atoms with Crippen LogP contribution in [0.4, 0.5) is 4.79 Å². The Bertz CT molecular complexity index is 807. The quantitative estimate of drug-likeness (QED) is 0.529. The Kier molecular flexibility index (Phi) is 10.1. The second-order valence-electron chi connectivity index (χ2n) is 10.7. The molecule has 7 heteroatoms. The summed E-state index contributed by atoms with van der Waals surface area (Å²) in [5, 5.41) is 5.70. The van der Waals surface area contributed by atoms with Gasteiger partial charge in [0.2, 0.25) is 11.8 Å². The summed E-state index contributed by atoms with van der Waals surface area (Å²) in [4.78, 5) is 41.1. The van der Waals surface area contributed by atoms with Crippen molar-refractivity contribution in [1.82, 2.24) is 15.5 Å². The highest BCUT2D eigenvalue weighted by molar-refractivity contribution is 5.92. The maximum atomic E-state index is 13.8. The van der Waals surface area contributed by atoms with Gasteiger partial charge in [-0.2, -0.15) is 0 Å². The molecule has 0 saturated heterocycles. The number of hydrogen-bond donors (Lipinski definition) is 2. The first-order valence-electron chi connectivity index (χ1n) is 11.4. The lowest BCUT2D eigenvalue weighted by atomic mass is 9.98. The van der Waals surface area contributed by atoms with Crippen molar-refractivity contribution in [3.63, 3.8) is 0 Å². The first-order chi connectivity index (χ1) is 15.1. The molecule has 0 spiro atoms. The van der Waals surface area contributed by atoms with E-state index >= 15 is 0 Å². The molecule has 33 heavy (non-hydrogen) atoms. The van der Waals surface area contributed by atoms with Gasteiger partial charge < -0.3 is 20.3 Å². The minimum Gasteiger partial charge on any atom is -0.444 e. The minimum absolute atomic E-state index is 0.123. The van der Waals surface area contributed by atoms with Crippen LogP contribution in [0.2, 0.25) is 0 Å². The Morgan fingerprint density at radius 1 is 1.06 bits per heavy atom. The Morgan fingerprint density at radius 2 is 1.64 bits per heavy atom. The van der Waals surface area contributed by atoms with E-state index in [2.05, 4.69) is 17.2 Å². The Morgan fingerprint density at radius 3 is 2.09 bits per heavy atom. The molecule has 0 aliphatic heterocycles. The number of nitrogens with zero attached hydrogens (tertiary/aromatic N) is 1. The van der Waals surface area contributed by atoms with E-state index in [1.54, 1.807) is 26.8 Å². The van der Waals surface area contributed by atoms with Crippen molar-refractivity contribution in [1.29, 1.82) is 0 Å². The Labute approximate surface area is 198 Å². The summed E-state index contributed by atoms with van der Waals surface area (Å²) in [6, 6.07) is 7.40. The van der Waals surface area contributed by atoms with Crippen LogP contribution in [0.3, 0.4) is 0 Å². The van der Waals surface area contributed by atoms with Crippen LogP contribution >= 0.6 is 0 Å². The smallest absolute Gasteiger partial charge is 0.408 e. The number of benzene rings is 1. The lowest BCUT2D eigenvalue weighted by molar-refractivity contribution is -0.142. The van der Waals surface area contributed by atoms with E-state index in [1.807, 2.05) is 65.0 Å². The van der Waals surface area contributed by atoms with E-state index in [1.165, 1.54) is 4.90 Å². The predicted octanol–water partition coefficient (Wildman–Crippen LogP) is 4.60. The summed E-state index contributed by atoms with van der Waals surface area (Å²) < 4.78 is 5.38. The molecular weight excluding hydrogens is 418 g/mol. The van der Waals surface area contributed by atoms with Gasteiger partial charge in [-0.1, -0.05) is 50.3 Å². The van der Waals surface area contributed by atoms with E-state index in [0.29, 0.717) is 12.0 Å². The highest BCUT2D eigenvalue weighted by atomic mass is 16.6. The molecule has 0 saturated carbocycles. The third kappa shape index (κ3) is 10.1. The zero-order valence-corrected chi connectivity index (χ0v) is 21.4. The third-order valence-corrected chi connectivity index (χ3v) is 4.48. The van der Waals surface area contributed by atoms with Crippen molar-refractivity contribution in [2.24, 2.45) is 5.92 Å². The fraction of sp³-hybridized carbons (Fsp3) is 0.577. The van der Waals surface area contributed by atoms with Gasteiger partial charge in [0.05, 0.1) is 0 Å². The monoisotopic (exact) mass is 459 g/mol. The zero-order chi connectivity index (χ0) is 25.4. The Balaban J connectivity index is 3.39. The lowest BCUT2D eigenvalue weighted by Gasteiger charge is -2.35. The van der Waals surface area contributed by atoms with Crippen LogP contribution < -0.4 is 10.6 Å². The molecule has 0 aliphatic carbocycles. The standard InChI is InChI=1S/C26H41N3O4/c1-10-16-29(21(19-14-12-11-13-15-19)22(30)28-25(4,5)6)23(31)20(17-18(2)3)27-24(32)33-26(7,8)9/h10-15,18,20-21H,1,16-17H2,2-9H3,(H,27,32)(H,28,30). The van der Waals surface area contributed by atoms with Crippen molar-refractivity contribution in [2.75, 3.05) is 6.54 Å². The van der Waals surface area contributed by atoms with Gasteiger partial charge in [0.25, 0.3) is 0 Å². The maximum absolute atomic E-state index is 13.8. The number of carbonyl (C=O) groups is 3. The summed E-state index contributed by atoms with van der Waals surface area (Å²) in [6.07, 6.45) is 1.31. The lowest BCUT2D eigenvalue weighted by Crippen LogP contribution is -2.55. The number of rotatable bonds is 9. The fourth-order valence-electron chi connectivity index (χ4n) is 3.35. The van der Waals surface area contributed by atoms with Crippen LogP contribution in [0.1, 0.15) is 73.4 Å². The SMILES string of the molecule is C=CCN(C(=O)C(CC(C)C)NC(=O)OC(C)(C)C)C(C(=O)NC(C)(C)C)c1ccccc1. The number of hydrogen-bond acceptors (Lipinski definition) is 4. The summed E-state index contributed by atoms with van der Waals surface area (Å²) in [5.41, 5.74) is -0.510. The maximum Gasteiger partial charge on any atom is 0.408 e. The molecule has 7 nitrogen and oxygen atoms in total. The molecule has 184 valence electrons. The molecule has 2 N–H and O–H groups in total. The molecule has 0 bridgehead atoms. The van der Waals surface area contributed by atoms with Crippen LogP contribution in [-0.4, -0.2) is 46.5 Å². The van der Waals surface area contributed by atoms with E-state index in [-0.39, 0.29) is 24.3 Å². The van der Waals surface area contributed by atoms with Gasteiger partial charge >= 0.3 is 6.09 Å². The molecule has 2 unspecified atom stereocenters. The summed E-state index contributed by atoms with van der Waals surface area (Å²) in [7, 11) is 0. The largest absolute Gasteiger partial charge is 0.444 e. The van der Waals surface area contributed by atoms with Crippen LogP contribution in [0.25, 0.3) is 0 Å². The number of amides is 3. The van der Waals surface area contributed by atoms with Gasteiger partial charge in [0.1, 0.15) is 17.7 Å². The number of alkyl carbamates (subject to hydrolysis) is 1. The second kappa shape index (κ2) is 11.9. The van der Waals surface area contributed by atoms with Crippen LogP contribution in [0, 0.1) is 5.92 Å². The highest BCUT2D eigenvalue weighted by Gasteiger charge is 2.36. The zero-order valence-electron chi connectivity index (χ0n) is 21.4. The van der Waals surface area contributed by atoms with E-state index in [9.17, 15) is 14.4 Å². The van der Waals surface area contributed by atoms with Crippen molar-refractivity contribution in [2.45, 2.75) is 85.0 Å². The normalized spacial score (nSPS) is 13.6. The van der Waals surface area contributed by atoms with Gasteiger partial charge in [-0.05, 0) is 59.4 Å². The summed E-state index contributed by atoms with van der Waals surface area (Å²) >= 11 is 0. The second-order valence-corrected chi connectivity index (χ2v) is 10.7. The van der Waals surface area contributed by atoms with Gasteiger partial charge in [-0.15, -0.1) is 6.58 Å². The number of nitrogens with one attached hydrogen (secondary N) is 2. The van der Waals surface area contributed by atoms with Crippen molar-refractivity contribution >= 4 is 17.9 Å². The minimum atomic E-state index is -0.883. The summed E-state index contributed by atoms with van der Waals surface area (Å²) in [5.74, 6) is -0.546. The third-order valence-electron chi connectivity index (χ3n) is 4.48. The van der Waals surface area contributed by atoms with Gasteiger partial charge in [0.15, 0.2) is 0 Å². The highest BCUT2D eigenvalue weighted by Crippen LogP contribution is 2.24. The molecule has 0 aromatic heterocycles. The average Bonchev–Trinajstić information content (AvgIpc) is 2.64. The van der Waals surface area contributed by atoms with Gasteiger partial charge in [0, 0.05) is 12.1 Å². The fourth-order valence-corrected chi connectivity index (χ4v) is 3.35. The van der Waals surface area contributed by atoms with Crippen LogP contribution in [0.5, 0.6) is 0 Å². The van der Waals surface area contributed by atoms with E-state index < -0.39 is 29.3 Å². The van der Waals surface area contributed by atoms with Crippen molar-refractivity contribution < 1.29 is 19.1 Å². The van der Waals surface area contributed by atoms with E-state index in [0.717, 1.165) is 0 Å². The first-order valence-corrected chi connectivity index (χ1v) is 11.4. The Hall–Kier alpha value is -2.83. The van der Waals surface area contributed by atoms with Crippen LogP contribution in [-0.2, 0) is 14.3 Å². The number of carbonyl (C=O) groups excluding carboxylic acids is 3. The topological polar surface area (TPSA) is 87.7 Å². The van der Waals surface area contributed by atoms with Gasteiger partial charge in [-0.25, -0.2) is 4.79 Å². The van der Waals surface area contributed by atoms with Crippen molar-refractivity contribution in [3.05, 3.63) is 48.6 Å². The van der Waals surface area contributed by atoms with Gasteiger partial charge in [-0.3, -0.25) is 9.59 Å². The average molecular weight is 460 g/mol. The van der Waals surface area contributed by atoms with E-state index in [4.69, 9.17) is 4.74 Å². The molecule has 0 aliphatic rings. The molecule has 1 aromatic carbocycles. The molecule has 3 amide bonds. The molecule has 0 radical (unpaired) electrons. The molecule has 0 fully saturated rings.